The maximum Gasteiger partial charge on any atom is 0.337 e. The van der Waals surface area contributed by atoms with Crippen molar-refractivity contribution in [2.75, 3.05) is 4.90 Å². The van der Waals surface area contributed by atoms with E-state index in [1.807, 2.05) is 0 Å². The van der Waals surface area contributed by atoms with E-state index in [4.69, 9.17) is 17.3 Å². The fraction of sp³-hybridized carbons (Fsp3) is 0. The molecule has 2 aromatic rings. The molecular formula is C15H10ClF2N3O3. The summed E-state index contributed by atoms with van der Waals surface area (Å²) in [6.45, 7) is 0. The van der Waals surface area contributed by atoms with Crippen molar-refractivity contribution in [3.05, 3.63) is 64.7 Å². The Bertz CT molecular complexity index is 792. The van der Waals surface area contributed by atoms with Crippen LogP contribution in [0.25, 0.3) is 0 Å². The molecule has 24 heavy (non-hydrogen) atoms. The summed E-state index contributed by atoms with van der Waals surface area (Å²) in [7, 11) is 0. The Morgan fingerprint density at radius 3 is 2.04 bits per heavy atom. The molecule has 3 N–H and O–H groups in total. The van der Waals surface area contributed by atoms with E-state index in [0.717, 1.165) is 18.2 Å². The first-order chi connectivity index (χ1) is 11.3. The predicted octanol–water partition coefficient (Wildman–Crippen LogP) is 3.05. The van der Waals surface area contributed by atoms with Gasteiger partial charge in [-0.15, -0.1) is 0 Å². The Kier molecular flexibility index (Phi) is 5.10. The summed E-state index contributed by atoms with van der Waals surface area (Å²) in [6, 6.07) is 5.70. The fourth-order valence-corrected chi connectivity index (χ4v) is 1.99. The van der Waals surface area contributed by atoms with Crippen molar-refractivity contribution in [3.63, 3.8) is 0 Å². The second-order valence-corrected chi connectivity index (χ2v) is 4.94. The van der Waals surface area contributed by atoms with Crippen LogP contribution in [0.3, 0.4) is 0 Å². The lowest BCUT2D eigenvalue weighted by Gasteiger charge is -2.18. The first-order valence-corrected chi connectivity index (χ1v) is 6.83. The van der Waals surface area contributed by atoms with Crippen LogP contribution in [0.1, 0.15) is 10.4 Å². The molecule has 0 saturated heterocycles. The van der Waals surface area contributed by atoms with Gasteiger partial charge in [0.05, 0.1) is 5.69 Å². The first-order valence-electron chi connectivity index (χ1n) is 6.45. The number of nitrogens with one attached hydrogen (secondary N) is 1. The Morgan fingerprint density at radius 1 is 1.00 bits per heavy atom. The van der Waals surface area contributed by atoms with Crippen molar-refractivity contribution in [3.8, 4) is 0 Å². The molecule has 0 aromatic heterocycles. The van der Waals surface area contributed by atoms with E-state index in [2.05, 4.69) is 0 Å². The van der Waals surface area contributed by atoms with E-state index in [9.17, 15) is 23.2 Å². The van der Waals surface area contributed by atoms with Crippen molar-refractivity contribution in [1.82, 2.24) is 5.32 Å². The number of benzene rings is 2. The van der Waals surface area contributed by atoms with Gasteiger partial charge in [-0.3, -0.25) is 10.1 Å². The monoisotopic (exact) mass is 353 g/mol. The van der Waals surface area contributed by atoms with Crippen molar-refractivity contribution in [1.29, 1.82) is 0 Å². The van der Waals surface area contributed by atoms with Gasteiger partial charge in [-0.2, -0.15) is 0 Å². The van der Waals surface area contributed by atoms with Crippen molar-refractivity contribution < 1.29 is 23.2 Å². The molecule has 0 bridgehead atoms. The van der Waals surface area contributed by atoms with Crippen LogP contribution >= 0.6 is 11.6 Å². The standard InChI is InChI=1S/C15H10ClF2N3O3/c16-8-4-6-9(7-5-8)21(14(19)23)15(24)20-13(22)12-10(17)2-1-3-11(12)18/h1-7H,(H2,19,23)(H,20,22,24). The van der Waals surface area contributed by atoms with E-state index >= 15 is 0 Å². The van der Waals surface area contributed by atoms with E-state index in [1.54, 1.807) is 5.32 Å². The Balaban J connectivity index is 2.27. The summed E-state index contributed by atoms with van der Waals surface area (Å²) in [5.41, 5.74) is 4.18. The van der Waals surface area contributed by atoms with E-state index in [-0.39, 0.29) is 5.69 Å². The molecule has 0 fully saturated rings. The van der Waals surface area contributed by atoms with Crippen LogP contribution in [-0.2, 0) is 0 Å². The van der Waals surface area contributed by atoms with Gasteiger partial charge in [0, 0.05) is 5.02 Å². The van der Waals surface area contributed by atoms with Crippen LogP contribution in [0.4, 0.5) is 24.1 Å². The van der Waals surface area contributed by atoms with Crippen LogP contribution in [0.15, 0.2) is 42.5 Å². The minimum absolute atomic E-state index is 0.0196. The van der Waals surface area contributed by atoms with Crippen molar-refractivity contribution in [2.45, 2.75) is 0 Å². The highest BCUT2D eigenvalue weighted by Gasteiger charge is 2.26. The summed E-state index contributed by atoms with van der Waals surface area (Å²) >= 11 is 5.70. The Hall–Kier alpha value is -3.00. The number of halogens is 3. The second-order valence-electron chi connectivity index (χ2n) is 4.51. The van der Waals surface area contributed by atoms with E-state index in [1.165, 1.54) is 24.3 Å². The Labute approximate surface area is 139 Å². The lowest BCUT2D eigenvalue weighted by atomic mass is 10.2. The maximum absolute atomic E-state index is 13.5. The zero-order chi connectivity index (χ0) is 17.9. The van der Waals surface area contributed by atoms with Gasteiger partial charge in [0.1, 0.15) is 17.2 Å². The number of imide groups is 2. The SMILES string of the molecule is NC(=O)N(C(=O)NC(=O)c1c(F)cccc1F)c1ccc(Cl)cc1. The Morgan fingerprint density at radius 2 is 1.54 bits per heavy atom. The van der Waals surface area contributed by atoms with Gasteiger partial charge in [0.2, 0.25) is 0 Å². The first kappa shape index (κ1) is 17.4. The smallest absolute Gasteiger partial charge is 0.337 e. The van der Waals surface area contributed by atoms with Gasteiger partial charge >= 0.3 is 12.1 Å². The summed E-state index contributed by atoms with van der Waals surface area (Å²) in [5, 5.41) is 2.05. The van der Waals surface area contributed by atoms with Gasteiger partial charge in [-0.05, 0) is 36.4 Å². The number of primary amides is 1. The number of nitrogens with two attached hydrogens (primary N) is 1. The number of carbonyl (C=O) groups is 3. The van der Waals surface area contributed by atoms with Crippen LogP contribution in [-0.4, -0.2) is 18.0 Å². The molecular weight excluding hydrogens is 344 g/mol. The fourth-order valence-electron chi connectivity index (χ4n) is 1.87. The van der Waals surface area contributed by atoms with Gasteiger partial charge < -0.3 is 5.73 Å². The minimum Gasteiger partial charge on any atom is -0.351 e. The summed E-state index contributed by atoms with van der Waals surface area (Å²) < 4.78 is 27.1. The zero-order valence-electron chi connectivity index (χ0n) is 11.9. The molecule has 0 aliphatic rings. The van der Waals surface area contributed by atoms with Crippen LogP contribution in [0, 0.1) is 11.6 Å². The quantitative estimate of drug-likeness (QED) is 0.869. The zero-order valence-corrected chi connectivity index (χ0v) is 12.7. The van der Waals surface area contributed by atoms with Crippen molar-refractivity contribution in [2.24, 2.45) is 5.73 Å². The highest BCUT2D eigenvalue weighted by atomic mass is 35.5. The number of rotatable bonds is 2. The van der Waals surface area contributed by atoms with Crippen LogP contribution in [0.5, 0.6) is 0 Å². The highest BCUT2D eigenvalue weighted by molar-refractivity contribution is 6.30. The maximum atomic E-state index is 13.5. The molecule has 0 saturated carbocycles. The average Bonchev–Trinajstić information content (AvgIpc) is 2.49. The molecule has 6 nitrogen and oxygen atoms in total. The van der Waals surface area contributed by atoms with Gasteiger partial charge in [-0.25, -0.2) is 23.3 Å². The predicted molar refractivity (Wildman–Crippen MR) is 82.7 cm³/mol. The molecule has 0 heterocycles. The molecule has 0 atom stereocenters. The van der Waals surface area contributed by atoms with Gasteiger partial charge in [0.25, 0.3) is 5.91 Å². The number of hydrogen-bond donors (Lipinski definition) is 2. The molecule has 0 aliphatic carbocycles. The number of hydrogen-bond acceptors (Lipinski definition) is 3. The van der Waals surface area contributed by atoms with E-state index in [0.29, 0.717) is 9.92 Å². The number of amides is 5. The van der Waals surface area contributed by atoms with Crippen LogP contribution < -0.4 is 16.0 Å². The summed E-state index contributed by atoms with van der Waals surface area (Å²) in [5.74, 6) is -3.66. The second kappa shape index (κ2) is 7.05. The van der Waals surface area contributed by atoms with Crippen molar-refractivity contribution >= 4 is 35.3 Å². The van der Waals surface area contributed by atoms with Gasteiger partial charge in [-0.1, -0.05) is 17.7 Å². The number of nitrogens with zero attached hydrogens (tertiary/aromatic N) is 1. The molecule has 9 heteroatoms. The topological polar surface area (TPSA) is 92.5 Å². The average molecular weight is 354 g/mol. The van der Waals surface area contributed by atoms with E-state index < -0.39 is 35.2 Å². The largest absolute Gasteiger partial charge is 0.351 e. The lowest BCUT2D eigenvalue weighted by molar-refractivity contribution is 0.0958. The molecule has 0 radical (unpaired) electrons. The van der Waals surface area contributed by atoms with Crippen LogP contribution in [0.2, 0.25) is 5.02 Å². The third-order valence-electron chi connectivity index (χ3n) is 2.92. The third kappa shape index (κ3) is 3.66. The number of carbonyl (C=O) groups excluding carboxylic acids is 3. The molecule has 2 aromatic carbocycles. The molecule has 0 spiro atoms. The number of anilines is 1. The minimum atomic E-state index is -1.35. The molecule has 5 amide bonds. The molecule has 124 valence electrons. The third-order valence-corrected chi connectivity index (χ3v) is 3.17. The summed E-state index contributed by atoms with van der Waals surface area (Å²) in [6.07, 6.45) is 0. The van der Waals surface area contributed by atoms with Gasteiger partial charge in [0.15, 0.2) is 0 Å². The normalized spacial score (nSPS) is 10.1. The lowest BCUT2D eigenvalue weighted by Crippen LogP contribution is -2.48. The number of urea groups is 2. The molecule has 2 rings (SSSR count). The summed E-state index contributed by atoms with van der Waals surface area (Å²) in [4.78, 5) is 35.9. The highest BCUT2D eigenvalue weighted by Crippen LogP contribution is 2.18. The molecule has 0 unspecified atom stereocenters. The molecule has 0 aliphatic heterocycles.